The van der Waals surface area contributed by atoms with Crippen molar-refractivity contribution in [2.45, 2.75) is 19.3 Å². The van der Waals surface area contributed by atoms with E-state index >= 15 is 0 Å². The molecule has 2 rings (SSSR count). The maximum atomic E-state index is 5.91. The largest absolute Gasteiger partial charge is 0.263 e. The highest BCUT2D eigenvalue weighted by molar-refractivity contribution is 6.31. The summed E-state index contributed by atoms with van der Waals surface area (Å²) in [6, 6.07) is 0. The second-order valence-electron chi connectivity index (χ2n) is 2.61. The fraction of sp³-hybridized carbons (Fsp3) is 0.375. The fourth-order valence-corrected chi connectivity index (χ4v) is 1.73. The van der Waals surface area contributed by atoms with Gasteiger partial charge in [-0.3, -0.25) is 4.98 Å². The van der Waals surface area contributed by atoms with Gasteiger partial charge in [-0.25, -0.2) is 0 Å². The number of fused-ring (bicyclic) bond motifs is 1. The molecular formula is C8H8ClN. The lowest BCUT2D eigenvalue weighted by Crippen LogP contribution is -1.84. The highest BCUT2D eigenvalue weighted by Crippen LogP contribution is 2.26. The summed E-state index contributed by atoms with van der Waals surface area (Å²) in [5.74, 6) is 0. The molecule has 52 valence electrons. The van der Waals surface area contributed by atoms with Crippen LogP contribution in [0.3, 0.4) is 0 Å². The van der Waals surface area contributed by atoms with E-state index in [4.69, 9.17) is 11.6 Å². The van der Waals surface area contributed by atoms with Gasteiger partial charge in [0.2, 0.25) is 0 Å². The van der Waals surface area contributed by atoms with Gasteiger partial charge in [-0.1, -0.05) is 11.6 Å². The molecule has 0 saturated carbocycles. The zero-order chi connectivity index (χ0) is 6.97. The second-order valence-corrected chi connectivity index (χ2v) is 3.02. The number of pyridine rings is 1. The lowest BCUT2D eigenvalue weighted by atomic mass is 10.2. The SMILES string of the molecule is Clc1cncc2c1CCC2. The molecule has 1 aromatic heterocycles. The molecule has 0 saturated heterocycles. The summed E-state index contributed by atoms with van der Waals surface area (Å²) in [6.07, 6.45) is 7.18. The quantitative estimate of drug-likeness (QED) is 0.557. The average molecular weight is 154 g/mol. The summed E-state index contributed by atoms with van der Waals surface area (Å²) in [7, 11) is 0. The molecule has 1 aliphatic rings. The first kappa shape index (κ1) is 6.17. The van der Waals surface area contributed by atoms with E-state index in [-0.39, 0.29) is 0 Å². The summed E-state index contributed by atoms with van der Waals surface area (Å²) < 4.78 is 0. The molecule has 1 heterocycles. The Morgan fingerprint density at radius 3 is 3.00 bits per heavy atom. The number of hydrogen-bond acceptors (Lipinski definition) is 1. The monoisotopic (exact) mass is 153 g/mol. The molecule has 0 fully saturated rings. The number of rotatable bonds is 0. The van der Waals surface area contributed by atoms with Gasteiger partial charge in [-0.2, -0.15) is 0 Å². The van der Waals surface area contributed by atoms with Gasteiger partial charge in [0.05, 0.1) is 5.02 Å². The number of aryl methyl sites for hydroxylation is 1. The van der Waals surface area contributed by atoms with Crippen LogP contribution in [0.25, 0.3) is 0 Å². The summed E-state index contributed by atoms with van der Waals surface area (Å²) in [6.45, 7) is 0. The minimum atomic E-state index is 0.843. The number of hydrogen-bond donors (Lipinski definition) is 0. The number of aromatic nitrogens is 1. The minimum Gasteiger partial charge on any atom is -0.263 e. The first-order valence-corrected chi connectivity index (χ1v) is 3.87. The predicted molar refractivity (Wildman–Crippen MR) is 41.3 cm³/mol. The Morgan fingerprint density at radius 1 is 1.30 bits per heavy atom. The van der Waals surface area contributed by atoms with E-state index in [1.807, 2.05) is 6.20 Å². The third-order valence-electron chi connectivity index (χ3n) is 1.97. The van der Waals surface area contributed by atoms with E-state index in [0.29, 0.717) is 0 Å². The standard InChI is InChI=1S/C8H8ClN/c9-8-5-10-4-6-2-1-3-7(6)8/h4-5H,1-3H2. The van der Waals surface area contributed by atoms with Crippen LogP contribution in [-0.2, 0) is 12.8 Å². The molecular weight excluding hydrogens is 146 g/mol. The van der Waals surface area contributed by atoms with Crippen molar-refractivity contribution in [3.05, 3.63) is 28.5 Å². The van der Waals surface area contributed by atoms with Gasteiger partial charge >= 0.3 is 0 Å². The van der Waals surface area contributed by atoms with Gasteiger partial charge in [0.1, 0.15) is 0 Å². The lowest BCUT2D eigenvalue weighted by Gasteiger charge is -1.97. The van der Waals surface area contributed by atoms with Crippen molar-refractivity contribution in [2.75, 3.05) is 0 Å². The Morgan fingerprint density at radius 2 is 2.20 bits per heavy atom. The van der Waals surface area contributed by atoms with E-state index in [1.54, 1.807) is 6.20 Å². The first-order chi connectivity index (χ1) is 4.88. The zero-order valence-electron chi connectivity index (χ0n) is 5.60. The molecule has 10 heavy (non-hydrogen) atoms. The van der Waals surface area contributed by atoms with Crippen molar-refractivity contribution in [2.24, 2.45) is 0 Å². The fourth-order valence-electron chi connectivity index (χ4n) is 1.45. The highest BCUT2D eigenvalue weighted by Gasteiger charge is 2.12. The smallest absolute Gasteiger partial charge is 0.0624 e. The number of halogens is 1. The molecule has 0 spiro atoms. The normalized spacial score (nSPS) is 15.3. The predicted octanol–water partition coefficient (Wildman–Crippen LogP) is 2.22. The molecule has 0 atom stereocenters. The van der Waals surface area contributed by atoms with Gasteiger partial charge in [-0.15, -0.1) is 0 Å². The molecule has 0 unspecified atom stereocenters. The van der Waals surface area contributed by atoms with Gasteiger partial charge in [-0.05, 0) is 30.4 Å². The Bertz CT molecular complexity index is 257. The molecule has 0 N–H and O–H groups in total. The zero-order valence-corrected chi connectivity index (χ0v) is 6.36. The van der Waals surface area contributed by atoms with Gasteiger partial charge < -0.3 is 0 Å². The Kier molecular flexibility index (Phi) is 1.38. The molecule has 0 aliphatic heterocycles. The van der Waals surface area contributed by atoms with Gasteiger partial charge in [0, 0.05) is 12.4 Å². The summed E-state index contributed by atoms with van der Waals surface area (Å²) >= 11 is 5.91. The molecule has 0 radical (unpaired) electrons. The molecule has 0 aromatic carbocycles. The van der Waals surface area contributed by atoms with Crippen LogP contribution >= 0.6 is 11.6 Å². The van der Waals surface area contributed by atoms with Crippen LogP contribution in [-0.4, -0.2) is 4.98 Å². The third-order valence-corrected chi connectivity index (χ3v) is 2.29. The Labute approximate surface area is 65.0 Å². The summed E-state index contributed by atoms with van der Waals surface area (Å²) in [5.41, 5.74) is 2.66. The average Bonchev–Trinajstić information content (AvgIpc) is 2.36. The van der Waals surface area contributed by atoms with Crippen molar-refractivity contribution in [1.29, 1.82) is 0 Å². The van der Waals surface area contributed by atoms with E-state index in [9.17, 15) is 0 Å². The van der Waals surface area contributed by atoms with Crippen molar-refractivity contribution < 1.29 is 0 Å². The highest BCUT2D eigenvalue weighted by atomic mass is 35.5. The first-order valence-electron chi connectivity index (χ1n) is 3.49. The number of nitrogens with zero attached hydrogens (tertiary/aromatic N) is 1. The maximum Gasteiger partial charge on any atom is 0.0624 e. The van der Waals surface area contributed by atoms with Crippen LogP contribution in [0.4, 0.5) is 0 Å². The van der Waals surface area contributed by atoms with Gasteiger partial charge in [0.15, 0.2) is 0 Å². The van der Waals surface area contributed by atoms with E-state index < -0.39 is 0 Å². The minimum absolute atomic E-state index is 0.843. The van der Waals surface area contributed by atoms with Gasteiger partial charge in [0.25, 0.3) is 0 Å². The molecule has 0 amide bonds. The van der Waals surface area contributed by atoms with Crippen molar-refractivity contribution in [3.63, 3.8) is 0 Å². The third kappa shape index (κ3) is 0.816. The van der Waals surface area contributed by atoms with Crippen molar-refractivity contribution in [1.82, 2.24) is 4.98 Å². The van der Waals surface area contributed by atoms with Crippen LogP contribution < -0.4 is 0 Å². The van der Waals surface area contributed by atoms with Crippen molar-refractivity contribution >= 4 is 11.6 Å². The molecule has 0 bridgehead atoms. The lowest BCUT2D eigenvalue weighted by molar-refractivity contribution is 0.911. The van der Waals surface area contributed by atoms with Crippen LogP contribution in [0.15, 0.2) is 12.4 Å². The van der Waals surface area contributed by atoms with E-state index in [1.165, 1.54) is 17.5 Å². The van der Waals surface area contributed by atoms with Crippen LogP contribution in [0.1, 0.15) is 17.5 Å². The molecule has 1 aromatic rings. The van der Waals surface area contributed by atoms with Crippen molar-refractivity contribution in [3.8, 4) is 0 Å². The van der Waals surface area contributed by atoms with E-state index in [0.717, 1.165) is 17.9 Å². The second kappa shape index (κ2) is 2.24. The molecule has 2 heteroatoms. The molecule has 1 aliphatic carbocycles. The molecule has 1 nitrogen and oxygen atoms in total. The summed E-state index contributed by atoms with van der Waals surface area (Å²) in [4.78, 5) is 4.02. The topological polar surface area (TPSA) is 12.9 Å². The Hall–Kier alpha value is -0.560. The van der Waals surface area contributed by atoms with Crippen LogP contribution in [0.5, 0.6) is 0 Å². The van der Waals surface area contributed by atoms with E-state index in [2.05, 4.69) is 4.98 Å². The maximum absolute atomic E-state index is 5.91. The Balaban J connectivity index is 2.59. The summed E-state index contributed by atoms with van der Waals surface area (Å²) in [5, 5.41) is 0.843. The van der Waals surface area contributed by atoms with Crippen LogP contribution in [0.2, 0.25) is 5.02 Å². The van der Waals surface area contributed by atoms with Crippen LogP contribution in [0, 0.1) is 0 Å².